The van der Waals surface area contributed by atoms with Crippen LogP contribution in [0.2, 0.25) is 0 Å². The van der Waals surface area contributed by atoms with Crippen LogP contribution in [0.25, 0.3) is 0 Å². The van der Waals surface area contributed by atoms with Crippen molar-refractivity contribution in [2.24, 2.45) is 7.05 Å². The maximum absolute atomic E-state index is 13.3. The van der Waals surface area contributed by atoms with E-state index in [1.165, 1.54) is 23.3 Å². The fourth-order valence-electron chi connectivity index (χ4n) is 3.96. The number of rotatable bonds is 7. The second-order valence-corrected chi connectivity index (χ2v) is 7.71. The topological polar surface area (TPSA) is 64.0 Å². The molecule has 1 atom stereocenters. The molecule has 5 nitrogen and oxygen atoms in total. The minimum Gasteiger partial charge on any atom is -0.342 e. The Morgan fingerprint density at radius 1 is 1.10 bits per heavy atom. The highest BCUT2D eigenvalue weighted by Crippen LogP contribution is 2.24. The predicted molar refractivity (Wildman–Crippen MR) is 112 cm³/mol. The Morgan fingerprint density at radius 3 is 2.60 bits per heavy atom. The number of carbonyl (C=O) groups excluding carboxylic acids is 2. The minimum absolute atomic E-state index is 0.0322. The Bertz CT molecular complexity index is 1070. The number of hydrogen-bond acceptors (Lipinski definition) is 3. The van der Waals surface area contributed by atoms with Gasteiger partial charge in [-0.3, -0.25) is 9.59 Å². The van der Waals surface area contributed by atoms with Crippen molar-refractivity contribution in [1.82, 2.24) is 14.9 Å². The fraction of sp³-hybridized carbons (Fsp3) is 0.292. The van der Waals surface area contributed by atoms with E-state index in [0.717, 1.165) is 24.8 Å². The first kappa shape index (κ1) is 20.0. The van der Waals surface area contributed by atoms with Crippen LogP contribution >= 0.6 is 0 Å². The van der Waals surface area contributed by atoms with Crippen LogP contribution in [0.1, 0.15) is 58.2 Å². The van der Waals surface area contributed by atoms with Gasteiger partial charge >= 0.3 is 0 Å². The van der Waals surface area contributed by atoms with Crippen LogP contribution < -0.4 is 5.32 Å². The first-order valence-corrected chi connectivity index (χ1v) is 10.2. The number of carbonyl (C=O) groups is 2. The molecule has 3 aromatic rings. The Morgan fingerprint density at radius 2 is 1.87 bits per heavy atom. The lowest BCUT2D eigenvalue weighted by atomic mass is 10.0. The van der Waals surface area contributed by atoms with E-state index in [1.54, 1.807) is 24.5 Å². The highest BCUT2D eigenvalue weighted by molar-refractivity contribution is 5.98. The molecule has 4 rings (SSSR count). The van der Waals surface area contributed by atoms with E-state index in [2.05, 4.69) is 10.3 Å². The monoisotopic (exact) mass is 405 g/mol. The van der Waals surface area contributed by atoms with Crippen molar-refractivity contribution in [3.05, 3.63) is 88.8 Å². The molecule has 0 bridgehead atoms. The molecule has 1 amide bonds. The second kappa shape index (κ2) is 8.61. The molecule has 30 heavy (non-hydrogen) atoms. The quantitative estimate of drug-likeness (QED) is 0.606. The van der Waals surface area contributed by atoms with Crippen molar-refractivity contribution in [2.75, 3.05) is 0 Å². The van der Waals surface area contributed by atoms with Crippen molar-refractivity contribution in [3.63, 3.8) is 0 Å². The van der Waals surface area contributed by atoms with Gasteiger partial charge in [0.25, 0.3) is 0 Å². The van der Waals surface area contributed by atoms with Gasteiger partial charge in [0.2, 0.25) is 5.91 Å². The Labute approximate surface area is 175 Å². The van der Waals surface area contributed by atoms with E-state index in [1.807, 2.05) is 29.8 Å². The Kier molecular flexibility index (Phi) is 5.74. The summed E-state index contributed by atoms with van der Waals surface area (Å²) in [7, 11) is 1.84. The zero-order chi connectivity index (χ0) is 21.1. The number of hydrogen-bond donors (Lipinski definition) is 1. The Hall–Kier alpha value is -3.28. The number of nitrogens with one attached hydrogen (secondary N) is 1. The molecule has 154 valence electrons. The molecule has 0 saturated carbocycles. The third-order valence-corrected chi connectivity index (χ3v) is 5.62. The highest BCUT2D eigenvalue weighted by Gasteiger charge is 2.21. The normalized spacial score (nSPS) is 13.7. The van der Waals surface area contributed by atoms with Crippen LogP contribution in [0.5, 0.6) is 0 Å². The summed E-state index contributed by atoms with van der Waals surface area (Å²) in [5.41, 5.74) is 3.96. The summed E-state index contributed by atoms with van der Waals surface area (Å²) in [5, 5.41) is 2.95. The van der Waals surface area contributed by atoms with E-state index in [0.29, 0.717) is 11.4 Å². The summed E-state index contributed by atoms with van der Waals surface area (Å²) in [5.74, 6) is 0.0144. The number of imidazole rings is 1. The first-order valence-electron chi connectivity index (χ1n) is 10.2. The predicted octanol–water partition coefficient (Wildman–Crippen LogP) is 3.92. The van der Waals surface area contributed by atoms with E-state index >= 15 is 0 Å². The summed E-state index contributed by atoms with van der Waals surface area (Å²) in [4.78, 5) is 29.6. The molecule has 0 saturated heterocycles. The molecule has 0 spiro atoms. The fourth-order valence-corrected chi connectivity index (χ4v) is 3.96. The highest BCUT2D eigenvalue weighted by atomic mass is 19.1. The van der Waals surface area contributed by atoms with Crippen LogP contribution in [0.15, 0.2) is 54.9 Å². The standard InChI is InChI=1S/C24H24FN3O2/c1-28-14-13-26-24(28)23(17-7-9-20(25)10-8-17)27-22(30)12-11-21(29)19-6-5-16-3-2-4-18(16)15-19/h5-10,13-15,23H,2-4,11-12H2,1H3,(H,27,30). The number of halogens is 1. The summed E-state index contributed by atoms with van der Waals surface area (Å²) >= 11 is 0. The summed E-state index contributed by atoms with van der Waals surface area (Å²) < 4.78 is 15.2. The Balaban J connectivity index is 1.43. The molecule has 1 N–H and O–H groups in total. The summed E-state index contributed by atoms with van der Waals surface area (Å²) in [6.45, 7) is 0. The lowest BCUT2D eigenvalue weighted by Gasteiger charge is -2.19. The van der Waals surface area contributed by atoms with Crippen molar-refractivity contribution in [3.8, 4) is 0 Å². The zero-order valence-electron chi connectivity index (χ0n) is 16.9. The third kappa shape index (κ3) is 4.32. The van der Waals surface area contributed by atoms with Gasteiger partial charge in [0, 0.05) is 37.8 Å². The van der Waals surface area contributed by atoms with Gasteiger partial charge in [-0.05, 0) is 54.2 Å². The summed E-state index contributed by atoms with van der Waals surface area (Å²) in [6.07, 6.45) is 6.88. The molecule has 1 unspecified atom stereocenters. The number of benzene rings is 2. The number of aromatic nitrogens is 2. The van der Waals surface area contributed by atoms with Gasteiger partial charge in [-0.25, -0.2) is 9.37 Å². The number of amides is 1. The maximum Gasteiger partial charge on any atom is 0.221 e. The van der Waals surface area contributed by atoms with Gasteiger partial charge < -0.3 is 9.88 Å². The second-order valence-electron chi connectivity index (χ2n) is 7.71. The van der Waals surface area contributed by atoms with Crippen LogP contribution in [0.4, 0.5) is 4.39 Å². The van der Waals surface area contributed by atoms with Crippen LogP contribution in [-0.2, 0) is 24.7 Å². The van der Waals surface area contributed by atoms with Gasteiger partial charge in [-0.15, -0.1) is 0 Å². The number of aryl methyl sites for hydroxylation is 3. The van der Waals surface area contributed by atoms with E-state index in [4.69, 9.17) is 0 Å². The van der Waals surface area contributed by atoms with Crippen molar-refractivity contribution < 1.29 is 14.0 Å². The van der Waals surface area contributed by atoms with Gasteiger partial charge in [-0.2, -0.15) is 0 Å². The van der Waals surface area contributed by atoms with Gasteiger partial charge in [0.05, 0.1) is 0 Å². The molecule has 1 aromatic heterocycles. The van der Waals surface area contributed by atoms with Gasteiger partial charge in [0.15, 0.2) is 5.78 Å². The van der Waals surface area contributed by atoms with Crippen LogP contribution in [0, 0.1) is 5.82 Å². The van der Waals surface area contributed by atoms with Gasteiger partial charge in [0.1, 0.15) is 17.7 Å². The first-order chi connectivity index (χ1) is 14.5. The molecule has 0 radical (unpaired) electrons. The van der Waals surface area contributed by atoms with Crippen molar-refractivity contribution >= 4 is 11.7 Å². The average Bonchev–Trinajstić information content (AvgIpc) is 3.39. The molecule has 0 aliphatic heterocycles. The molecule has 1 heterocycles. The molecular formula is C24H24FN3O2. The zero-order valence-corrected chi connectivity index (χ0v) is 16.9. The van der Waals surface area contributed by atoms with Crippen molar-refractivity contribution in [1.29, 1.82) is 0 Å². The third-order valence-electron chi connectivity index (χ3n) is 5.62. The number of fused-ring (bicyclic) bond motifs is 1. The number of Topliss-reactive ketones (excluding diaryl/α,β-unsaturated/α-hetero) is 1. The van der Waals surface area contributed by atoms with E-state index in [-0.39, 0.29) is 30.3 Å². The van der Waals surface area contributed by atoms with E-state index < -0.39 is 6.04 Å². The van der Waals surface area contributed by atoms with Crippen LogP contribution in [0.3, 0.4) is 0 Å². The maximum atomic E-state index is 13.3. The largest absolute Gasteiger partial charge is 0.342 e. The lowest BCUT2D eigenvalue weighted by Crippen LogP contribution is -2.31. The molecule has 1 aliphatic rings. The number of ketones is 1. The minimum atomic E-state index is -0.520. The lowest BCUT2D eigenvalue weighted by molar-refractivity contribution is -0.121. The molecule has 0 fully saturated rings. The molecular weight excluding hydrogens is 381 g/mol. The van der Waals surface area contributed by atoms with Crippen LogP contribution in [-0.4, -0.2) is 21.2 Å². The molecule has 6 heteroatoms. The smallest absolute Gasteiger partial charge is 0.221 e. The average molecular weight is 405 g/mol. The number of nitrogens with zero attached hydrogens (tertiary/aromatic N) is 2. The molecule has 1 aliphatic carbocycles. The summed E-state index contributed by atoms with van der Waals surface area (Å²) in [6, 6.07) is 11.3. The SMILES string of the molecule is Cn1ccnc1C(NC(=O)CCC(=O)c1ccc2c(c1)CCC2)c1ccc(F)cc1. The van der Waals surface area contributed by atoms with E-state index in [9.17, 15) is 14.0 Å². The van der Waals surface area contributed by atoms with Gasteiger partial charge in [-0.1, -0.05) is 24.3 Å². The molecule has 2 aromatic carbocycles. The van der Waals surface area contributed by atoms with Crippen molar-refractivity contribution in [2.45, 2.75) is 38.1 Å².